The van der Waals surface area contributed by atoms with Gasteiger partial charge >= 0.3 is 6.18 Å². The van der Waals surface area contributed by atoms with Gasteiger partial charge < -0.3 is 4.57 Å². The van der Waals surface area contributed by atoms with Gasteiger partial charge in [0.2, 0.25) is 0 Å². The van der Waals surface area contributed by atoms with Crippen molar-refractivity contribution in [1.82, 2.24) is 4.57 Å². The van der Waals surface area contributed by atoms with Gasteiger partial charge in [0.15, 0.2) is 5.43 Å². The van der Waals surface area contributed by atoms with E-state index in [2.05, 4.69) is 0 Å². The molecule has 2 aromatic carbocycles. The summed E-state index contributed by atoms with van der Waals surface area (Å²) in [6.45, 7) is 0. The quantitative estimate of drug-likeness (QED) is 0.577. The highest BCUT2D eigenvalue weighted by Gasteiger charge is 2.35. The molecule has 7 heteroatoms. The van der Waals surface area contributed by atoms with Crippen molar-refractivity contribution in [3.8, 4) is 5.69 Å². The van der Waals surface area contributed by atoms with Crippen LogP contribution in [0.1, 0.15) is 5.69 Å². The molecule has 1 heterocycles. The molecule has 0 amide bonds. The van der Waals surface area contributed by atoms with Crippen molar-refractivity contribution in [2.45, 2.75) is 6.18 Å². The first-order valence-electron chi connectivity index (χ1n) is 6.46. The van der Waals surface area contributed by atoms with Gasteiger partial charge in [-0.25, -0.2) is 0 Å². The molecule has 3 aromatic rings. The fraction of sp³-hybridized carbons (Fsp3) is 0.0625. The number of aromatic nitrogens is 1. The van der Waals surface area contributed by atoms with Gasteiger partial charge in [0.25, 0.3) is 0 Å². The molecule has 118 valence electrons. The van der Waals surface area contributed by atoms with E-state index in [1.165, 1.54) is 36.4 Å². The molecule has 0 bridgehead atoms. The normalized spacial score (nSPS) is 11.9. The zero-order chi connectivity index (χ0) is 16.8. The molecule has 0 aliphatic rings. The molecular formula is C16H8Cl2F3NO. The number of fused-ring (bicyclic) bond motifs is 1. The summed E-state index contributed by atoms with van der Waals surface area (Å²) in [6, 6.07) is 10.7. The Hall–Kier alpha value is -1.98. The average Bonchev–Trinajstić information content (AvgIpc) is 2.46. The van der Waals surface area contributed by atoms with Crippen LogP contribution in [0, 0.1) is 0 Å². The van der Waals surface area contributed by atoms with Gasteiger partial charge in [0.05, 0.1) is 5.52 Å². The Morgan fingerprint density at radius 2 is 1.61 bits per heavy atom. The fourth-order valence-corrected chi connectivity index (χ4v) is 2.76. The Bertz CT molecular complexity index is 964. The number of pyridine rings is 1. The van der Waals surface area contributed by atoms with Gasteiger partial charge in [-0.1, -0.05) is 29.3 Å². The highest BCUT2D eigenvalue weighted by molar-refractivity contribution is 6.31. The Balaban J connectivity index is 2.50. The summed E-state index contributed by atoms with van der Waals surface area (Å²) >= 11 is 11.7. The average molecular weight is 358 g/mol. The van der Waals surface area contributed by atoms with E-state index in [0.29, 0.717) is 6.07 Å². The van der Waals surface area contributed by atoms with Crippen molar-refractivity contribution in [2.75, 3.05) is 0 Å². The summed E-state index contributed by atoms with van der Waals surface area (Å²) in [6.07, 6.45) is -4.70. The van der Waals surface area contributed by atoms with E-state index in [0.717, 1.165) is 4.57 Å². The van der Waals surface area contributed by atoms with Gasteiger partial charge in [-0.05, 0) is 36.4 Å². The molecule has 2 nitrogen and oxygen atoms in total. The van der Waals surface area contributed by atoms with Crippen LogP contribution < -0.4 is 5.43 Å². The SMILES string of the molecule is O=c1cc(C(F)(F)F)n(-c2cccc(Cl)c2)c2ccc(Cl)cc12. The van der Waals surface area contributed by atoms with Gasteiger partial charge in [-0.2, -0.15) is 13.2 Å². The van der Waals surface area contributed by atoms with E-state index < -0.39 is 17.3 Å². The monoisotopic (exact) mass is 357 g/mol. The van der Waals surface area contributed by atoms with Crippen molar-refractivity contribution in [3.63, 3.8) is 0 Å². The predicted molar refractivity (Wildman–Crippen MR) is 84.6 cm³/mol. The van der Waals surface area contributed by atoms with E-state index >= 15 is 0 Å². The fourth-order valence-electron chi connectivity index (χ4n) is 2.40. The number of alkyl halides is 3. The topological polar surface area (TPSA) is 22.0 Å². The van der Waals surface area contributed by atoms with Crippen LogP contribution in [-0.4, -0.2) is 4.57 Å². The molecular weight excluding hydrogens is 350 g/mol. The smallest absolute Gasteiger partial charge is 0.305 e. The second kappa shape index (κ2) is 5.58. The molecule has 0 saturated carbocycles. The lowest BCUT2D eigenvalue weighted by molar-refractivity contribution is -0.142. The Morgan fingerprint density at radius 3 is 2.26 bits per heavy atom. The summed E-state index contributed by atoms with van der Waals surface area (Å²) < 4.78 is 41.2. The first-order valence-corrected chi connectivity index (χ1v) is 7.21. The molecule has 23 heavy (non-hydrogen) atoms. The first kappa shape index (κ1) is 15.9. The molecule has 0 aliphatic heterocycles. The third-order valence-corrected chi connectivity index (χ3v) is 3.80. The van der Waals surface area contributed by atoms with Gasteiger partial charge in [0, 0.05) is 27.2 Å². The summed E-state index contributed by atoms with van der Waals surface area (Å²) in [5.74, 6) is 0. The first-order chi connectivity index (χ1) is 10.8. The molecule has 1 aromatic heterocycles. The maximum Gasteiger partial charge on any atom is 0.431 e. The van der Waals surface area contributed by atoms with Crippen molar-refractivity contribution in [2.24, 2.45) is 0 Å². The minimum absolute atomic E-state index is 0.102. The lowest BCUT2D eigenvalue weighted by Crippen LogP contribution is -2.20. The summed E-state index contributed by atoms with van der Waals surface area (Å²) in [5.41, 5.74) is -1.50. The molecule has 0 radical (unpaired) electrons. The van der Waals surface area contributed by atoms with Crippen LogP contribution in [0.25, 0.3) is 16.6 Å². The molecule has 0 atom stereocenters. The maximum absolute atomic E-state index is 13.4. The second-order valence-electron chi connectivity index (χ2n) is 4.87. The Labute approximate surface area is 138 Å². The van der Waals surface area contributed by atoms with Gasteiger partial charge in [0.1, 0.15) is 5.69 Å². The Kier molecular flexibility index (Phi) is 3.86. The third kappa shape index (κ3) is 2.94. The highest BCUT2D eigenvalue weighted by Crippen LogP contribution is 2.33. The number of hydrogen-bond donors (Lipinski definition) is 0. The van der Waals surface area contributed by atoms with Crippen LogP contribution in [0.2, 0.25) is 10.0 Å². The number of benzene rings is 2. The lowest BCUT2D eigenvalue weighted by Gasteiger charge is -2.19. The summed E-state index contributed by atoms with van der Waals surface area (Å²) in [5, 5.41) is 0.661. The number of nitrogens with zero attached hydrogens (tertiary/aromatic N) is 1. The van der Waals surface area contributed by atoms with E-state index in [9.17, 15) is 18.0 Å². The van der Waals surface area contributed by atoms with E-state index in [1.807, 2.05) is 0 Å². The number of hydrogen-bond acceptors (Lipinski definition) is 1. The standard InChI is InChI=1S/C16H8Cl2F3NO/c17-9-2-1-3-11(6-9)22-13-5-4-10(18)7-12(13)14(23)8-15(22)16(19,20)21/h1-8H. The molecule has 0 unspecified atom stereocenters. The summed E-state index contributed by atoms with van der Waals surface area (Å²) in [7, 11) is 0. The minimum atomic E-state index is -4.70. The predicted octanol–water partition coefficient (Wildman–Crippen LogP) is 5.32. The summed E-state index contributed by atoms with van der Waals surface area (Å²) in [4.78, 5) is 12.1. The van der Waals surface area contributed by atoms with Crippen molar-refractivity contribution in [1.29, 1.82) is 0 Å². The van der Waals surface area contributed by atoms with Crippen LogP contribution in [-0.2, 0) is 6.18 Å². The molecule has 3 rings (SSSR count). The second-order valence-corrected chi connectivity index (χ2v) is 5.74. The van der Waals surface area contributed by atoms with Crippen LogP contribution >= 0.6 is 23.2 Å². The zero-order valence-electron chi connectivity index (χ0n) is 11.4. The van der Waals surface area contributed by atoms with Gasteiger partial charge in [-0.3, -0.25) is 4.79 Å². The van der Waals surface area contributed by atoms with Crippen molar-refractivity contribution in [3.05, 3.63) is 74.5 Å². The van der Waals surface area contributed by atoms with Crippen LogP contribution in [0.15, 0.2) is 53.3 Å². The molecule has 0 N–H and O–H groups in total. The minimum Gasteiger partial charge on any atom is -0.305 e. The highest BCUT2D eigenvalue weighted by atomic mass is 35.5. The Morgan fingerprint density at radius 1 is 0.913 bits per heavy atom. The molecule has 0 fully saturated rings. The van der Waals surface area contributed by atoms with E-state index in [4.69, 9.17) is 23.2 Å². The number of halogens is 5. The largest absolute Gasteiger partial charge is 0.431 e. The number of rotatable bonds is 1. The third-order valence-electron chi connectivity index (χ3n) is 3.33. The maximum atomic E-state index is 13.4. The van der Waals surface area contributed by atoms with Crippen LogP contribution in [0.3, 0.4) is 0 Å². The van der Waals surface area contributed by atoms with E-state index in [-0.39, 0.29) is 26.6 Å². The lowest BCUT2D eigenvalue weighted by atomic mass is 10.1. The molecule has 0 saturated heterocycles. The van der Waals surface area contributed by atoms with Crippen molar-refractivity contribution < 1.29 is 13.2 Å². The zero-order valence-corrected chi connectivity index (χ0v) is 12.9. The van der Waals surface area contributed by atoms with Crippen molar-refractivity contribution >= 4 is 34.1 Å². The molecule has 0 spiro atoms. The van der Waals surface area contributed by atoms with Crippen LogP contribution in [0.4, 0.5) is 13.2 Å². The van der Waals surface area contributed by atoms with E-state index in [1.54, 1.807) is 6.07 Å². The molecule has 0 aliphatic carbocycles. The van der Waals surface area contributed by atoms with Crippen LogP contribution in [0.5, 0.6) is 0 Å². The van der Waals surface area contributed by atoms with Gasteiger partial charge in [-0.15, -0.1) is 0 Å².